The maximum Gasteiger partial charge on any atom is 0.0874 e. The maximum absolute atomic E-state index is 5.76. The van der Waals surface area contributed by atoms with Crippen LogP contribution in [0.5, 0.6) is 0 Å². The van der Waals surface area contributed by atoms with E-state index in [4.69, 9.17) is 10.7 Å². The van der Waals surface area contributed by atoms with Gasteiger partial charge in [-0.1, -0.05) is 40.3 Å². The highest BCUT2D eigenvalue weighted by Crippen LogP contribution is 2.53. The minimum atomic E-state index is 0.138. The van der Waals surface area contributed by atoms with Crippen LogP contribution in [-0.2, 0) is 0 Å². The predicted octanol–water partition coefficient (Wildman–Crippen LogP) is 4.50. The molecule has 0 radical (unpaired) electrons. The smallest absolute Gasteiger partial charge is 0.0874 e. The van der Waals surface area contributed by atoms with Crippen LogP contribution < -0.4 is 5.73 Å². The molecule has 0 aromatic heterocycles. The number of aliphatic imine (C=N–C) groups is 2. The van der Waals surface area contributed by atoms with E-state index < -0.39 is 0 Å². The Kier molecular flexibility index (Phi) is 5.94. The zero-order valence-electron chi connectivity index (χ0n) is 14.5. The van der Waals surface area contributed by atoms with Gasteiger partial charge in [-0.05, 0) is 39.0 Å². The van der Waals surface area contributed by atoms with Crippen LogP contribution in [0.1, 0.15) is 60.8 Å². The lowest BCUT2D eigenvalue weighted by Crippen LogP contribution is -2.22. The quantitative estimate of drug-likeness (QED) is 0.544. The van der Waals surface area contributed by atoms with Gasteiger partial charge in [0.1, 0.15) is 0 Å². The molecule has 3 heteroatoms. The van der Waals surface area contributed by atoms with Gasteiger partial charge in [-0.25, -0.2) is 0 Å². The third-order valence-electron chi connectivity index (χ3n) is 4.73. The standard InChI is InChI=1S/C18H31N3/c1-8-15(13(5)19)20-14(6)16(9-2)21-17(10-3)18(7)11-12(18)4/h8,12,16H,5,9-11,19H2,1-4,6-7H3/b15-8-,20-14?,21-17?. The number of nitrogens with two attached hydrogens (primary N) is 1. The molecule has 21 heavy (non-hydrogen) atoms. The first-order valence-corrected chi connectivity index (χ1v) is 8.03. The molecule has 1 fully saturated rings. The summed E-state index contributed by atoms with van der Waals surface area (Å²) in [6.45, 7) is 16.7. The second-order valence-corrected chi connectivity index (χ2v) is 6.33. The van der Waals surface area contributed by atoms with Gasteiger partial charge in [-0.15, -0.1) is 0 Å². The molecule has 1 aliphatic carbocycles. The van der Waals surface area contributed by atoms with Gasteiger partial charge in [0.25, 0.3) is 0 Å². The molecule has 2 N–H and O–H groups in total. The summed E-state index contributed by atoms with van der Waals surface area (Å²) in [7, 11) is 0. The first-order valence-electron chi connectivity index (χ1n) is 8.03. The number of rotatable bonds is 7. The molecule has 1 rings (SSSR count). The Labute approximate surface area is 130 Å². The van der Waals surface area contributed by atoms with E-state index in [1.54, 1.807) is 0 Å². The van der Waals surface area contributed by atoms with Crippen LogP contribution in [-0.4, -0.2) is 17.5 Å². The molecule has 1 saturated carbocycles. The topological polar surface area (TPSA) is 50.7 Å². The first-order chi connectivity index (χ1) is 9.79. The van der Waals surface area contributed by atoms with Gasteiger partial charge in [0.15, 0.2) is 0 Å². The van der Waals surface area contributed by atoms with Gasteiger partial charge >= 0.3 is 0 Å². The van der Waals surface area contributed by atoms with Gasteiger partial charge < -0.3 is 5.73 Å². The number of hydrogen-bond acceptors (Lipinski definition) is 3. The van der Waals surface area contributed by atoms with Crippen molar-refractivity contribution in [3.8, 4) is 0 Å². The summed E-state index contributed by atoms with van der Waals surface area (Å²) in [5.74, 6) is 0.751. The molecule has 0 spiro atoms. The molecule has 3 nitrogen and oxygen atoms in total. The molecular formula is C18H31N3. The summed E-state index contributed by atoms with van der Waals surface area (Å²) in [6, 6.07) is 0.138. The van der Waals surface area contributed by atoms with Crippen molar-refractivity contribution >= 4 is 11.4 Å². The lowest BCUT2D eigenvalue weighted by molar-refractivity contribution is 0.679. The fourth-order valence-corrected chi connectivity index (χ4v) is 2.88. The van der Waals surface area contributed by atoms with Gasteiger partial charge in [0.05, 0.1) is 11.7 Å². The van der Waals surface area contributed by atoms with Crippen LogP contribution in [0.3, 0.4) is 0 Å². The SMILES string of the molecule is C=C(N)/C(=C/C)N=C(C)C(CC)N=C(CC)C1(C)CC1C. The highest BCUT2D eigenvalue weighted by Gasteiger charge is 2.49. The molecule has 0 heterocycles. The maximum atomic E-state index is 5.76. The Morgan fingerprint density at radius 1 is 1.48 bits per heavy atom. The molecule has 0 saturated heterocycles. The van der Waals surface area contributed by atoms with Crippen molar-refractivity contribution in [3.05, 3.63) is 24.0 Å². The third-order valence-corrected chi connectivity index (χ3v) is 4.73. The van der Waals surface area contributed by atoms with Crippen LogP contribution in [0.2, 0.25) is 0 Å². The van der Waals surface area contributed by atoms with Crippen LogP contribution in [0.25, 0.3) is 0 Å². The van der Waals surface area contributed by atoms with Gasteiger partial charge in [-0.3, -0.25) is 9.98 Å². The van der Waals surface area contributed by atoms with Crippen molar-refractivity contribution in [3.63, 3.8) is 0 Å². The highest BCUT2D eigenvalue weighted by atomic mass is 14.9. The van der Waals surface area contributed by atoms with E-state index in [0.717, 1.165) is 30.2 Å². The second-order valence-electron chi connectivity index (χ2n) is 6.33. The summed E-state index contributed by atoms with van der Waals surface area (Å²) in [6.07, 6.45) is 5.13. The molecule has 118 valence electrons. The minimum Gasteiger partial charge on any atom is -0.397 e. The van der Waals surface area contributed by atoms with Crippen LogP contribution in [0, 0.1) is 11.3 Å². The Bertz CT molecular complexity index is 485. The van der Waals surface area contributed by atoms with Crippen molar-refractivity contribution < 1.29 is 0 Å². The Hall–Kier alpha value is -1.38. The summed E-state index contributed by atoms with van der Waals surface area (Å²) >= 11 is 0. The van der Waals surface area contributed by atoms with Gasteiger partial charge in [0.2, 0.25) is 0 Å². The molecule has 3 atom stereocenters. The second kappa shape index (κ2) is 7.06. The summed E-state index contributed by atoms with van der Waals surface area (Å²) in [5.41, 5.74) is 9.68. The summed E-state index contributed by atoms with van der Waals surface area (Å²) < 4.78 is 0. The molecule has 0 aliphatic heterocycles. The Balaban J connectivity index is 3.02. The molecule has 0 aromatic carbocycles. The number of nitrogens with zero attached hydrogens (tertiary/aromatic N) is 2. The molecule has 3 unspecified atom stereocenters. The Morgan fingerprint density at radius 2 is 2.05 bits per heavy atom. The predicted molar refractivity (Wildman–Crippen MR) is 93.9 cm³/mol. The van der Waals surface area contributed by atoms with Gasteiger partial charge in [0, 0.05) is 22.5 Å². The van der Waals surface area contributed by atoms with Crippen molar-refractivity contribution in [1.29, 1.82) is 0 Å². The molecule has 0 bridgehead atoms. The molecule has 1 aliphatic rings. The van der Waals surface area contributed by atoms with Crippen LogP contribution in [0.4, 0.5) is 0 Å². The first kappa shape index (κ1) is 17.7. The zero-order valence-corrected chi connectivity index (χ0v) is 14.5. The monoisotopic (exact) mass is 289 g/mol. The fourth-order valence-electron chi connectivity index (χ4n) is 2.88. The minimum absolute atomic E-state index is 0.138. The van der Waals surface area contributed by atoms with E-state index in [1.807, 2.05) is 19.9 Å². The van der Waals surface area contributed by atoms with E-state index in [2.05, 4.69) is 39.3 Å². The summed E-state index contributed by atoms with van der Waals surface area (Å²) in [4.78, 5) is 9.65. The molecule has 0 aromatic rings. The Morgan fingerprint density at radius 3 is 2.38 bits per heavy atom. The van der Waals surface area contributed by atoms with E-state index >= 15 is 0 Å². The molecule has 0 amide bonds. The van der Waals surface area contributed by atoms with Crippen molar-refractivity contribution in [2.24, 2.45) is 27.1 Å². The highest BCUT2D eigenvalue weighted by molar-refractivity contribution is 5.96. The lowest BCUT2D eigenvalue weighted by atomic mass is 9.97. The summed E-state index contributed by atoms with van der Waals surface area (Å²) in [5, 5.41) is 0. The largest absolute Gasteiger partial charge is 0.397 e. The van der Waals surface area contributed by atoms with E-state index in [9.17, 15) is 0 Å². The van der Waals surface area contributed by atoms with E-state index in [1.165, 1.54) is 12.1 Å². The van der Waals surface area contributed by atoms with Crippen LogP contribution >= 0.6 is 0 Å². The average molecular weight is 289 g/mol. The zero-order chi connectivity index (χ0) is 16.2. The van der Waals surface area contributed by atoms with Crippen molar-refractivity contribution in [1.82, 2.24) is 0 Å². The third kappa shape index (κ3) is 4.05. The van der Waals surface area contributed by atoms with E-state index in [0.29, 0.717) is 11.1 Å². The van der Waals surface area contributed by atoms with Crippen LogP contribution in [0.15, 0.2) is 34.0 Å². The lowest BCUT2D eigenvalue weighted by Gasteiger charge is -2.18. The average Bonchev–Trinajstić information content (AvgIpc) is 3.05. The van der Waals surface area contributed by atoms with E-state index in [-0.39, 0.29) is 6.04 Å². The number of allylic oxidation sites excluding steroid dienone is 1. The fraction of sp³-hybridized carbons (Fsp3) is 0.667. The number of hydrogen-bond donors (Lipinski definition) is 1. The van der Waals surface area contributed by atoms with Crippen molar-refractivity contribution in [2.75, 3.05) is 0 Å². The normalized spacial score (nSPS) is 28.5. The van der Waals surface area contributed by atoms with Crippen molar-refractivity contribution in [2.45, 2.75) is 66.8 Å². The molecular weight excluding hydrogens is 258 g/mol. The van der Waals surface area contributed by atoms with Gasteiger partial charge in [-0.2, -0.15) is 0 Å².